The van der Waals surface area contributed by atoms with Crippen LogP contribution in [0.1, 0.15) is 24.8 Å². The summed E-state index contributed by atoms with van der Waals surface area (Å²) in [5.41, 5.74) is 0.213. The fourth-order valence-corrected chi connectivity index (χ4v) is 6.83. The minimum absolute atomic E-state index is 0.0451. The molecule has 2 fully saturated rings. The van der Waals surface area contributed by atoms with E-state index in [0.717, 1.165) is 30.7 Å². The van der Waals surface area contributed by atoms with Crippen LogP contribution in [0.3, 0.4) is 0 Å². The highest BCUT2D eigenvalue weighted by Gasteiger charge is 2.35. The lowest BCUT2D eigenvalue weighted by Gasteiger charge is -2.33. The van der Waals surface area contributed by atoms with Crippen molar-refractivity contribution in [2.24, 2.45) is 5.92 Å². The molecule has 0 aliphatic carbocycles. The lowest BCUT2D eigenvalue weighted by atomic mass is 9.96. The van der Waals surface area contributed by atoms with Crippen molar-refractivity contribution in [1.82, 2.24) is 14.2 Å². The predicted octanol–water partition coefficient (Wildman–Crippen LogP) is 2.50. The van der Waals surface area contributed by atoms with E-state index in [2.05, 4.69) is 9.88 Å². The quantitative estimate of drug-likeness (QED) is 0.464. The summed E-state index contributed by atoms with van der Waals surface area (Å²) in [5.74, 6) is -0.131. The number of nitrogens with zero attached hydrogens (tertiary/aromatic N) is 5. The van der Waals surface area contributed by atoms with Gasteiger partial charge in [-0.2, -0.15) is 4.31 Å². The van der Waals surface area contributed by atoms with Crippen molar-refractivity contribution >= 4 is 38.1 Å². The van der Waals surface area contributed by atoms with E-state index in [-0.39, 0.29) is 35.5 Å². The summed E-state index contributed by atoms with van der Waals surface area (Å²) in [5, 5.41) is 14.0. The number of carbonyl (C=O) groups is 1. The van der Waals surface area contributed by atoms with Crippen molar-refractivity contribution in [3.05, 3.63) is 45.5 Å². The first kappa shape index (κ1) is 23.6. The molecule has 2 aromatic rings. The summed E-state index contributed by atoms with van der Waals surface area (Å²) in [6, 6.07) is 3.87. The topological polar surface area (TPSA) is 117 Å². The first-order valence-electron chi connectivity index (χ1n) is 11.0. The molecule has 0 radical (unpaired) electrons. The van der Waals surface area contributed by atoms with Crippen LogP contribution >= 0.6 is 11.3 Å². The lowest BCUT2D eigenvalue weighted by Crippen LogP contribution is -2.45. The summed E-state index contributed by atoms with van der Waals surface area (Å²) in [4.78, 5) is 32.1. The number of carbonyl (C=O) groups excluding carboxylic acids is 1. The normalized spacial score (nSPS) is 18.8. The van der Waals surface area contributed by atoms with Gasteiger partial charge in [0.05, 0.1) is 9.82 Å². The molecule has 1 amide bonds. The summed E-state index contributed by atoms with van der Waals surface area (Å²) in [6.45, 7) is 4.98. The number of aromatic nitrogens is 1. The van der Waals surface area contributed by atoms with Gasteiger partial charge in [-0.05, 0) is 31.7 Å². The minimum atomic E-state index is -3.87. The molecule has 1 aromatic heterocycles. The molecule has 3 heterocycles. The van der Waals surface area contributed by atoms with Gasteiger partial charge in [0.15, 0.2) is 5.13 Å². The van der Waals surface area contributed by atoms with Gasteiger partial charge >= 0.3 is 0 Å². The van der Waals surface area contributed by atoms with Crippen LogP contribution in [-0.2, 0) is 14.8 Å². The Balaban J connectivity index is 1.38. The van der Waals surface area contributed by atoms with E-state index in [0.29, 0.717) is 31.5 Å². The Bertz CT molecular complexity index is 1110. The third kappa shape index (κ3) is 5.02. The molecule has 0 atom stereocenters. The molecule has 10 nitrogen and oxygen atoms in total. The monoisotopic (exact) mass is 493 g/mol. The number of sulfonamides is 1. The fourth-order valence-electron chi connectivity index (χ4n) is 4.42. The number of aryl methyl sites for hydroxylation is 1. The molecular formula is C21H27N5O5S2. The standard InChI is InChI=1S/C21H27N5O5S2/c1-16-3-4-18(26(28)29)15-19(16)33(30,31)25-10-5-17(6-11-25)20(27)23-8-2-9-24(13-12-23)21-22-7-14-32-21/h3-4,7,14-15,17H,2,5-6,8-13H2,1H3. The molecule has 12 heteroatoms. The van der Waals surface area contributed by atoms with Crippen molar-refractivity contribution in [3.8, 4) is 0 Å². The van der Waals surface area contributed by atoms with Crippen LogP contribution in [0.2, 0.25) is 0 Å². The highest BCUT2D eigenvalue weighted by Crippen LogP contribution is 2.29. The van der Waals surface area contributed by atoms with Gasteiger partial charge in [0.2, 0.25) is 15.9 Å². The second-order valence-corrected chi connectivity index (χ2v) is 11.1. The molecule has 1 aromatic carbocycles. The smallest absolute Gasteiger partial charge is 0.270 e. The summed E-state index contributed by atoms with van der Waals surface area (Å²) in [6.07, 6.45) is 3.53. The molecule has 0 saturated carbocycles. The minimum Gasteiger partial charge on any atom is -0.346 e. The Kier molecular flexibility index (Phi) is 6.96. The van der Waals surface area contributed by atoms with Crippen LogP contribution < -0.4 is 4.90 Å². The molecule has 178 valence electrons. The van der Waals surface area contributed by atoms with E-state index >= 15 is 0 Å². The Morgan fingerprint density at radius 2 is 1.91 bits per heavy atom. The zero-order chi connectivity index (χ0) is 23.6. The second kappa shape index (κ2) is 9.74. The zero-order valence-corrected chi connectivity index (χ0v) is 20.1. The van der Waals surface area contributed by atoms with Crippen LogP contribution in [0.25, 0.3) is 0 Å². The van der Waals surface area contributed by atoms with Gasteiger partial charge in [-0.15, -0.1) is 11.3 Å². The third-order valence-electron chi connectivity index (χ3n) is 6.30. The molecule has 33 heavy (non-hydrogen) atoms. The zero-order valence-electron chi connectivity index (χ0n) is 18.4. The van der Waals surface area contributed by atoms with Crippen molar-refractivity contribution < 1.29 is 18.1 Å². The van der Waals surface area contributed by atoms with Gasteiger partial charge in [0.25, 0.3) is 5.69 Å². The number of hydrogen-bond donors (Lipinski definition) is 0. The Morgan fingerprint density at radius 3 is 2.58 bits per heavy atom. The van der Waals surface area contributed by atoms with Gasteiger partial charge in [0.1, 0.15) is 0 Å². The van der Waals surface area contributed by atoms with Crippen LogP contribution in [0.15, 0.2) is 34.7 Å². The number of amides is 1. The number of rotatable bonds is 5. The second-order valence-electron chi connectivity index (χ2n) is 8.37. The molecule has 4 rings (SSSR count). The Morgan fingerprint density at radius 1 is 1.15 bits per heavy atom. The molecule has 2 aliphatic heterocycles. The molecule has 0 N–H and O–H groups in total. The first-order chi connectivity index (χ1) is 15.8. The molecular weight excluding hydrogens is 466 g/mol. The number of nitro groups is 1. The summed E-state index contributed by atoms with van der Waals surface area (Å²) < 4.78 is 27.6. The molecule has 0 spiro atoms. The maximum absolute atomic E-state index is 13.2. The van der Waals surface area contributed by atoms with E-state index in [1.54, 1.807) is 24.5 Å². The van der Waals surface area contributed by atoms with Crippen molar-refractivity contribution in [2.45, 2.75) is 31.1 Å². The number of anilines is 1. The van der Waals surface area contributed by atoms with Crippen molar-refractivity contribution in [3.63, 3.8) is 0 Å². The SMILES string of the molecule is Cc1ccc([N+](=O)[O-])cc1S(=O)(=O)N1CCC(C(=O)N2CCCN(c3nccs3)CC2)CC1. The van der Waals surface area contributed by atoms with Crippen LogP contribution in [0, 0.1) is 23.0 Å². The largest absolute Gasteiger partial charge is 0.346 e. The molecule has 0 bridgehead atoms. The Hall–Kier alpha value is -2.57. The number of non-ortho nitro benzene ring substituents is 1. The molecule has 2 saturated heterocycles. The maximum atomic E-state index is 13.2. The van der Waals surface area contributed by atoms with Crippen LogP contribution in [0.4, 0.5) is 10.8 Å². The van der Waals surface area contributed by atoms with Gasteiger partial charge in [0, 0.05) is 68.9 Å². The Labute approximate surface area is 197 Å². The van der Waals surface area contributed by atoms with Crippen LogP contribution in [-0.4, -0.2) is 72.7 Å². The average Bonchev–Trinajstić information content (AvgIpc) is 3.23. The van der Waals surface area contributed by atoms with Gasteiger partial charge in [-0.25, -0.2) is 13.4 Å². The number of benzene rings is 1. The third-order valence-corrected chi connectivity index (χ3v) is 9.17. The lowest BCUT2D eigenvalue weighted by molar-refractivity contribution is -0.385. The van der Waals surface area contributed by atoms with E-state index in [1.807, 2.05) is 10.3 Å². The van der Waals surface area contributed by atoms with Crippen LogP contribution in [0.5, 0.6) is 0 Å². The van der Waals surface area contributed by atoms with E-state index in [9.17, 15) is 23.3 Å². The first-order valence-corrected chi connectivity index (χ1v) is 13.3. The van der Waals surface area contributed by atoms with Gasteiger partial charge in [-0.3, -0.25) is 14.9 Å². The van der Waals surface area contributed by atoms with Crippen molar-refractivity contribution in [2.75, 3.05) is 44.2 Å². The summed E-state index contributed by atoms with van der Waals surface area (Å²) >= 11 is 1.59. The summed E-state index contributed by atoms with van der Waals surface area (Å²) in [7, 11) is -3.87. The number of thiazole rings is 1. The highest BCUT2D eigenvalue weighted by atomic mass is 32.2. The van der Waals surface area contributed by atoms with Crippen molar-refractivity contribution in [1.29, 1.82) is 0 Å². The fraction of sp³-hybridized carbons (Fsp3) is 0.524. The van der Waals surface area contributed by atoms with Gasteiger partial charge in [-0.1, -0.05) is 6.07 Å². The van der Waals surface area contributed by atoms with E-state index in [4.69, 9.17) is 0 Å². The van der Waals surface area contributed by atoms with Gasteiger partial charge < -0.3 is 9.80 Å². The molecule has 2 aliphatic rings. The number of piperidine rings is 1. The highest BCUT2D eigenvalue weighted by molar-refractivity contribution is 7.89. The van der Waals surface area contributed by atoms with E-state index in [1.165, 1.54) is 16.4 Å². The van der Waals surface area contributed by atoms with E-state index < -0.39 is 14.9 Å². The predicted molar refractivity (Wildman–Crippen MR) is 125 cm³/mol. The number of nitro benzene ring substituents is 1. The molecule has 0 unspecified atom stereocenters. The number of hydrogen-bond acceptors (Lipinski definition) is 8. The maximum Gasteiger partial charge on any atom is 0.270 e. The average molecular weight is 494 g/mol.